The van der Waals surface area contributed by atoms with E-state index in [4.69, 9.17) is 17.3 Å². The summed E-state index contributed by atoms with van der Waals surface area (Å²) in [5.41, 5.74) is 7.41. The highest BCUT2D eigenvalue weighted by molar-refractivity contribution is 6.18. The van der Waals surface area contributed by atoms with Gasteiger partial charge in [0.05, 0.1) is 0 Å². The monoisotopic (exact) mass is 156 g/mol. The number of aryl methyl sites for hydroxylation is 1. The van der Waals surface area contributed by atoms with Gasteiger partial charge in [-0.25, -0.2) is 0 Å². The van der Waals surface area contributed by atoms with Gasteiger partial charge in [0.2, 0.25) is 0 Å². The van der Waals surface area contributed by atoms with E-state index in [2.05, 4.69) is 4.98 Å². The van der Waals surface area contributed by atoms with Crippen molar-refractivity contribution in [2.75, 3.05) is 11.6 Å². The minimum atomic E-state index is 0.593. The maximum absolute atomic E-state index is 5.61. The maximum Gasteiger partial charge on any atom is 0.0377 e. The summed E-state index contributed by atoms with van der Waals surface area (Å²) in [6.07, 6.45) is 4.21. The van der Waals surface area contributed by atoms with Gasteiger partial charge in [-0.3, -0.25) is 4.98 Å². The molecule has 1 aromatic rings. The van der Waals surface area contributed by atoms with Crippen LogP contribution in [0.3, 0.4) is 0 Å². The van der Waals surface area contributed by atoms with E-state index in [1.165, 1.54) is 0 Å². The van der Waals surface area contributed by atoms with Crippen LogP contribution in [0.25, 0.3) is 0 Å². The zero-order valence-electron chi connectivity index (χ0n) is 5.55. The topological polar surface area (TPSA) is 38.9 Å². The summed E-state index contributed by atoms with van der Waals surface area (Å²) in [6.45, 7) is 0. The van der Waals surface area contributed by atoms with Crippen LogP contribution in [0, 0.1) is 0 Å². The number of rotatable bonds is 2. The molecule has 0 spiro atoms. The summed E-state index contributed by atoms with van der Waals surface area (Å²) in [4.78, 5) is 3.93. The number of pyridine rings is 1. The Labute approximate surface area is 65.0 Å². The van der Waals surface area contributed by atoms with Crippen molar-refractivity contribution in [2.45, 2.75) is 6.42 Å². The van der Waals surface area contributed by atoms with Crippen LogP contribution in [0.2, 0.25) is 0 Å². The molecule has 0 aliphatic rings. The van der Waals surface area contributed by atoms with E-state index in [1.54, 1.807) is 18.5 Å². The third kappa shape index (κ3) is 1.61. The molecule has 0 aromatic carbocycles. The zero-order valence-corrected chi connectivity index (χ0v) is 6.30. The number of nitrogens with zero attached hydrogens (tertiary/aromatic N) is 1. The Kier molecular flexibility index (Phi) is 2.51. The number of nitrogen functional groups attached to an aromatic ring is 1. The van der Waals surface area contributed by atoms with Crippen LogP contribution < -0.4 is 5.73 Å². The van der Waals surface area contributed by atoms with E-state index in [-0.39, 0.29) is 0 Å². The molecule has 0 unspecified atom stereocenters. The van der Waals surface area contributed by atoms with Crippen LogP contribution >= 0.6 is 11.6 Å². The van der Waals surface area contributed by atoms with E-state index in [9.17, 15) is 0 Å². The van der Waals surface area contributed by atoms with Crippen LogP contribution in [-0.4, -0.2) is 10.9 Å². The molecule has 0 atom stereocenters. The molecule has 54 valence electrons. The number of nitrogens with two attached hydrogens (primary N) is 1. The lowest BCUT2D eigenvalue weighted by Gasteiger charge is -1.99. The van der Waals surface area contributed by atoms with E-state index in [0.29, 0.717) is 5.88 Å². The van der Waals surface area contributed by atoms with Crippen molar-refractivity contribution in [1.82, 2.24) is 4.98 Å². The summed E-state index contributed by atoms with van der Waals surface area (Å²) >= 11 is 5.52. The van der Waals surface area contributed by atoms with Crippen LogP contribution in [0.5, 0.6) is 0 Å². The molecule has 0 radical (unpaired) electrons. The van der Waals surface area contributed by atoms with Crippen molar-refractivity contribution in [3.8, 4) is 0 Å². The fraction of sp³-hybridized carbons (Fsp3) is 0.286. The summed E-state index contributed by atoms with van der Waals surface area (Å²) in [5, 5.41) is 0. The third-order valence-corrected chi connectivity index (χ3v) is 1.49. The van der Waals surface area contributed by atoms with Crippen LogP contribution in [-0.2, 0) is 6.42 Å². The first-order valence-electron chi connectivity index (χ1n) is 3.09. The lowest BCUT2D eigenvalue weighted by Crippen LogP contribution is -1.95. The average Bonchev–Trinajstić information content (AvgIpc) is 1.94. The third-order valence-electron chi connectivity index (χ3n) is 1.31. The predicted octanol–water partition coefficient (Wildman–Crippen LogP) is 1.45. The van der Waals surface area contributed by atoms with Crippen LogP contribution in [0.4, 0.5) is 5.69 Å². The Morgan fingerprint density at radius 1 is 1.60 bits per heavy atom. The molecule has 1 aromatic heterocycles. The molecule has 0 amide bonds. The normalized spacial score (nSPS) is 9.70. The first-order chi connectivity index (χ1) is 4.84. The second-order valence-corrected chi connectivity index (χ2v) is 2.39. The van der Waals surface area contributed by atoms with Gasteiger partial charge in [-0.2, -0.15) is 0 Å². The molecular weight excluding hydrogens is 148 g/mol. The number of anilines is 1. The van der Waals surface area contributed by atoms with E-state index in [0.717, 1.165) is 17.7 Å². The van der Waals surface area contributed by atoms with Crippen LogP contribution in [0.1, 0.15) is 5.56 Å². The standard InChI is InChI=1S/C7H9ClN2/c8-3-1-6-5-10-4-2-7(6)9/h2,4-5H,1,3H2,(H2,9,10). The Morgan fingerprint density at radius 3 is 3.00 bits per heavy atom. The average molecular weight is 157 g/mol. The molecule has 0 aliphatic heterocycles. The lowest BCUT2D eigenvalue weighted by atomic mass is 10.2. The summed E-state index contributed by atoms with van der Waals surface area (Å²) in [5.74, 6) is 0.593. The number of hydrogen-bond acceptors (Lipinski definition) is 2. The first-order valence-corrected chi connectivity index (χ1v) is 3.62. The predicted molar refractivity (Wildman–Crippen MR) is 43.1 cm³/mol. The fourth-order valence-electron chi connectivity index (χ4n) is 0.749. The van der Waals surface area contributed by atoms with Gasteiger partial charge in [0, 0.05) is 24.0 Å². The minimum Gasteiger partial charge on any atom is -0.398 e. The molecule has 1 heterocycles. The smallest absolute Gasteiger partial charge is 0.0377 e. The molecule has 0 saturated heterocycles. The van der Waals surface area contributed by atoms with Gasteiger partial charge in [0.1, 0.15) is 0 Å². The Morgan fingerprint density at radius 2 is 2.40 bits per heavy atom. The fourth-order valence-corrected chi connectivity index (χ4v) is 0.952. The quantitative estimate of drug-likeness (QED) is 0.659. The van der Waals surface area contributed by atoms with E-state index >= 15 is 0 Å². The summed E-state index contributed by atoms with van der Waals surface area (Å²) < 4.78 is 0. The molecule has 0 fully saturated rings. The molecule has 2 nitrogen and oxygen atoms in total. The molecule has 0 bridgehead atoms. The second-order valence-electron chi connectivity index (χ2n) is 2.01. The lowest BCUT2D eigenvalue weighted by molar-refractivity contribution is 1.12. The molecular formula is C7H9ClN2. The van der Waals surface area contributed by atoms with Crippen LogP contribution in [0.15, 0.2) is 18.5 Å². The number of alkyl halides is 1. The number of hydrogen-bond donors (Lipinski definition) is 1. The molecule has 1 rings (SSSR count). The Hall–Kier alpha value is -0.760. The number of aromatic nitrogens is 1. The van der Waals surface area contributed by atoms with Gasteiger partial charge in [-0.05, 0) is 18.1 Å². The van der Waals surface area contributed by atoms with Gasteiger partial charge >= 0.3 is 0 Å². The largest absolute Gasteiger partial charge is 0.398 e. The maximum atomic E-state index is 5.61. The molecule has 2 N–H and O–H groups in total. The van der Waals surface area contributed by atoms with Gasteiger partial charge in [-0.1, -0.05) is 0 Å². The van der Waals surface area contributed by atoms with Gasteiger partial charge in [-0.15, -0.1) is 11.6 Å². The van der Waals surface area contributed by atoms with Crippen molar-refractivity contribution >= 4 is 17.3 Å². The van der Waals surface area contributed by atoms with Crippen molar-refractivity contribution < 1.29 is 0 Å². The van der Waals surface area contributed by atoms with Crippen molar-refractivity contribution in [2.24, 2.45) is 0 Å². The van der Waals surface area contributed by atoms with Gasteiger partial charge < -0.3 is 5.73 Å². The van der Waals surface area contributed by atoms with E-state index < -0.39 is 0 Å². The summed E-state index contributed by atoms with van der Waals surface area (Å²) in [7, 11) is 0. The van der Waals surface area contributed by atoms with E-state index in [1.807, 2.05) is 0 Å². The number of halogens is 1. The highest BCUT2D eigenvalue weighted by Crippen LogP contribution is 2.09. The molecule has 0 saturated carbocycles. The summed E-state index contributed by atoms with van der Waals surface area (Å²) in [6, 6.07) is 1.78. The minimum absolute atomic E-state index is 0.593. The Bertz CT molecular complexity index is 213. The van der Waals surface area contributed by atoms with Crippen molar-refractivity contribution in [3.63, 3.8) is 0 Å². The van der Waals surface area contributed by atoms with Crippen molar-refractivity contribution in [3.05, 3.63) is 24.0 Å². The highest BCUT2D eigenvalue weighted by Gasteiger charge is 1.95. The second kappa shape index (κ2) is 3.42. The SMILES string of the molecule is Nc1ccncc1CCCl. The van der Waals surface area contributed by atoms with Gasteiger partial charge in [0.25, 0.3) is 0 Å². The van der Waals surface area contributed by atoms with Crippen molar-refractivity contribution in [1.29, 1.82) is 0 Å². The Balaban J connectivity index is 2.81. The molecule has 10 heavy (non-hydrogen) atoms. The first kappa shape index (κ1) is 7.35. The highest BCUT2D eigenvalue weighted by atomic mass is 35.5. The molecule has 3 heteroatoms. The van der Waals surface area contributed by atoms with Gasteiger partial charge in [0.15, 0.2) is 0 Å². The molecule has 0 aliphatic carbocycles. The zero-order chi connectivity index (χ0) is 7.40.